The smallest absolute Gasteiger partial charge is 0.00428 e. The first-order chi connectivity index (χ1) is 4.92. The predicted octanol–water partition coefficient (Wildman–Crippen LogP) is 2.23. The van der Waals surface area contributed by atoms with Crippen molar-refractivity contribution in [1.29, 1.82) is 0 Å². The minimum absolute atomic E-state index is 0. The summed E-state index contributed by atoms with van der Waals surface area (Å²) in [6.45, 7) is 0.862. The van der Waals surface area contributed by atoms with E-state index >= 15 is 0 Å². The van der Waals surface area contributed by atoms with E-state index in [9.17, 15) is 0 Å². The second-order valence-electron chi connectivity index (χ2n) is 2.89. The largest absolute Gasteiger partial charge is 0.330 e. The first kappa shape index (κ1) is 9.04. The molecule has 0 aromatic carbocycles. The average molecular weight is 190 g/mol. The van der Waals surface area contributed by atoms with Gasteiger partial charge >= 0.3 is 0 Å². The van der Waals surface area contributed by atoms with Crippen LogP contribution in [0.1, 0.15) is 17.9 Å². The van der Waals surface area contributed by atoms with Crippen LogP contribution in [-0.4, -0.2) is 6.54 Å². The van der Waals surface area contributed by atoms with Crippen LogP contribution in [0.3, 0.4) is 0 Å². The molecule has 0 spiro atoms. The predicted molar refractivity (Wildman–Crippen MR) is 51.5 cm³/mol. The molecule has 0 amide bonds. The highest BCUT2D eigenvalue weighted by Crippen LogP contribution is 2.47. The van der Waals surface area contributed by atoms with Crippen LogP contribution >= 0.6 is 23.7 Å². The summed E-state index contributed by atoms with van der Waals surface area (Å²) in [5, 5.41) is 4.38. The van der Waals surface area contributed by atoms with E-state index in [1.807, 2.05) is 0 Å². The maximum Gasteiger partial charge on any atom is -0.00428 e. The van der Waals surface area contributed by atoms with Crippen molar-refractivity contribution in [3.8, 4) is 0 Å². The molecule has 0 saturated heterocycles. The lowest BCUT2D eigenvalue weighted by atomic mass is 10.2. The van der Waals surface area contributed by atoms with Crippen molar-refractivity contribution in [1.82, 2.24) is 0 Å². The van der Waals surface area contributed by atoms with Gasteiger partial charge < -0.3 is 5.73 Å². The van der Waals surface area contributed by atoms with Gasteiger partial charge in [-0.05, 0) is 47.2 Å². The minimum atomic E-state index is 0. The molecule has 2 N–H and O–H groups in total. The van der Waals surface area contributed by atoms with Gasteiger partial charge in [0, 0.05) is 0 Å². The molecule has 11 heavy (non-hydrogen) atoms. The zero-order chi connectivity index (χ0) is 6.97. The first-order valence-electron chi connectivity index (χ1n) is 3.64. The fourth-order valence-corrected chi connectivity index (χ4v) is 2.13. The average Bonchev–Trinajstić information content (AvgIpc) is 2.56. The third-order valence-corrected chi connectivity index (χ3v) is 2.90. The van der Waals surface area contributed by atoms with Gasteiger partial charge in [-0.25, -0.2) is 0 Å². The highest BCUT2D eigenvalue weighted by molar-refractivity contribution is 7.08. The number of thiophene rings is 1. The molecule has 1 aromatic heterocycles. The molecule has 1 heterocycles. The Morgan fingerprint density at radius 1 is 1.64 bits per heavy atom. The van der Waals surface area contributed by atoms with E-state index in [1.54, 1.807) is 11.3 Å². The number of nitrogens with two attached hydrogens (primary N) is 1. The van der Waals surface area contributed by atoms with Gasteiger partial charge in [0.15, 0.2) is 0 Å². The van der Waals surface area contributed by atoms with Gasteiger partial charge in [0.1, 0.15) is 0 Å². The van der Waals surface area contributed by atoms with Gasteiger partial charge in [-0.1, -0.05) is 0 Å². The summed E-state index contributed by atoms with van der Waals surface area (Å²) in [6, 6.07) is 2.21. The molecule has 3 heteroatoms. The summed E-state index contributed by atoms with van der Waals surface area (Å²) >= 11 is 1.78. The lowest BCUT2D eigenvalue weighted by Gasteiger charge is -1.90. The zero-order valence-electron chi connectivity index (χ0n) is 6.19. The Morgan fingerprint density at radius 3 is 2.91 bits per heavy atom. The summed E-state index contributed by atoms with van der Waals surface area (Å²) in [4.78, 5) is 0. The third-order valence-electron chi connectivity index (χ3n) is 2.20. The number of halogens is 1. The third kappa shape index (κ3) is 1.75. The van der Waals surface area contributed by atoms with E-state index in [0.29, 0.717) is 0 Å². The first-order valence-corrected chi connectivity index (χ1v) is 4.58. The zero-order valence-corrected chi connectivity index (χ0v) is 7.83. The van der Waals surface area contributed by atoms with Crippen LogP contribution in [0.5, 0.6) is 0 Å². The van der Waals surface area contributed by atoms with Crippen molar-refractivity contribution in [2.75, 3.05) is 6.54 Å². The Morgan fingerprint density at radius 2 is 2.45 bits per heavy atom. The van der Waals surface area contributed by atoms with Gasteiger partial charge in [0.25, 0.3) is 0 Å². The molecule has 0 unspecified atom stereocenters. The second kappa shape index (κ2) is 3.57. The maximum atomic E-state index is 5.53. The fraction of sp³-hybridized carbons (Fsp3) is 0.500. The molecule has 2 rings (SSSR count). The van der Waals surface area contributed by atoms with E-state index < -0.39 is 0 Å². The summed E-state index contributed by atoms with van der Waals surface area (Å²) in [6.07, 6.45) is 1.31. The summed E-state index contributed by atoms with van der Waals surface area (Å²) in [5.74, 6) is 1.59. The van der Waals surface area contributed by atoms with Crippen LogP contribution in [0.4, 0.5) is 0 Å². The van der Waals surface area contributed by atoms with E-state index in [2.05, 4.69) is 16.8 Å². The van der Waals surface area contributed by atoms with Crippen molar-refractivity contribution in [3.05, 3.63) is 22.4 Å². The van der Waals surface area contributed by atoms with Crippen molar-refractivity contribution in [2.45, 2.75) is 12.3 Å². The maximum absolute atomic E-state index is 5.53. The van der Waals surface area contributed by atoms with Gasteiger partial charge in [-0.2, -0.15) is 11.3 Å². The van der Waals surface area contributed by atoms with Crippen molar-refractivity contribution in [3.63, 3.8) is 0 Å². The standard InChI is InChI=1S/C8H11NS.ClH/c9-4-7-3-8(7)6-1-2-10-5-6;/h1-2,5,7-8H,3-4,9H2;1H/t7-,8-;/m0./s1. The lowest BCUT2D eigenvalue weighted by molar-refractivity contribution is 0.811. The quantitative estimate of drug-likeness (QED) is 0.759. The highest BCUT2D eigenvalue weighted by Gasteiger charge is 2.36. The van der Waals surface area contributed by atoms with Crippen molar-refractivity contribution < 1.29 is 0 Å². The Balaban J connectivity index is 0.000000605. The molecule has 0 radical (unpaired) electrons. The molecule has 0 bridgehead atoms. The monoisotopic (exact) mass is 189 g/mol. The van der Waals surface area contributed by atoms with Crippen LogP contribution in [0.2, 0.25) is 0 Å². The number of rotatable bonds is 2. The Labute approximate surface area is 77.0 Å². The van der Waals surface area contributed by atoms with Crippen LogP contribution in [0.25, 0.3) is 0 Å². The fourth-order valence-electron chi connectivity index (χ4n) is 1.40. The van der Waals surface area contributed by atoms with E-state index in [4.69, 9.17) is 5.73 Å². The molecular formula is C8H12ClNS. The summed E-state index contributed by atoms with van der Waals surface area (Å²) < 4.78 is 0. The van der Waals surface area contributed by atoms with Crippen LogP contribution in [0.15, 0.2) is 16.8 Å². The van der Waals surface area contributed by atoms with Gasteiger partial charge in [0.05, 0.1) is 0 Å². The SMILES string of the molecule is Cl.NC[C@@H]1C[C@H]1c1ccsc1. The van der Waals surface area contributed by atoms with Gasteiger partial charge in [0.2, 0.25) is 0 Å². The van der Waals surface area contributed by atoms with Gasteiger partial charge in [-0.15, -0.1) is 12.4 Å². The van der Waals surface area contributed by atoms with E-state index in [1.165, 1.54) is 12.0 Å². The molecule has 1 saturated carbocycles. The molecule has 1 aliphatic carbocycles. The summed E-state index contributed by atoms with van der Waals surface area (Å²) in [5.41, 5.74) is 7.03. The minimum Gasteiger partial charge on any atom is -0.330 e. The molecule has 1 fully saturated rings. The Kier molecular flexibility index (Phi) is 2.93. The topological polar surface area (TPSA) is 26.0 Å². The molecule has 2 atom stereocenters. The molecule has 1 aromatic rings. The molecule has 62 valence electrons. The molecule has 1 nitrogen and oxygen atoms in total. The van der Waals surface area contributed by atoms with Crippen LogP contribution < -0.4 is 5.73 Å². The molecule has 1 aliphatic rings. The summed E-state index contributed by atoms with van der Waals surface area (Å²) in [7, 11) is 0. The van der Waals surface area contributed by atoms with Crippen LogP contribution in [-0.2, 0) is 0 Å². The Hall–Kier alpha value is -0.0500. The number of hydrogen-bond acceptors (Lipinski definition) is 2. The van der Waals surface area contributed by atoms with E-state index in [0.717, 1.165) is 18.4 Å². The van der Waals surface area contributed by atoms with E-state index in [-0.39, 0.29) is 12.4 Å². The van der Waals surface area contributed by atoms with Gasteiger partial charge in [-0.3, -0.25) is 0 Å². The number of hydrogen-bond donors (Lipinski definition) is 1. The van der Waals surface area contributed by atoms with Crippen LogP contribution in [0, 0.1) is 5.92 Å². The molecule has 0 aliphatic heterocycles. The second-order valence-corrected chi connectivity index (χ2v) is 3.67. The highest BCUT2D eigenvalue weighted by atomic mass is 35.5. The normalized spacial score (nSPS) is 27.7. The molecular weight excluding hydrogens is 178 g/mol. The Bertz CT molecular complexity index is 210. The van der Waals surface area contributed by atoms with Crippen molar-refractivity contribution in [2.24, 2.45) is 11.7 Å². The van der Waals surface area contributed by atoms with Crippen molar-refractivity contribution >= 4 is 23.7 Å². The lowest BCUT2D eigenvalue weighted by Crippen LogP contribution is -2.01.